The average molecular weight is 403 g/mol. The topological polar surface area (TPSA) is 74.8 Å². The largest absolute Gasteiger partial charge is 0.377 e. The quantitative estimate of drug-likeness (QED) is 0.488. The summed E-state index contributed by atoms with van der Waals surface area (Å²) in [7, 11) is 0. The lowest BCUT2D eigenvalue weighted by molar-refractivity contribution is -0.126. The lowest BCUT2D eigenvalue weighted by atomic mass is 9.54. The molecule has 1 aliphatic heterocycles. The number of aliphatic imine (C=N–C) groups is 1. The third-order valence-corrected chi connectivity index (χ3v) is 8.20. The lowest BCUT2D eigenvalue weighted by Crippen LogP contribution is -2.69. The van der Waals surface area contributed by atoms with Crippen LogP contribution < -0.4 is 16.0 Å². The third-order valence-electron chi connectivity index (χ3n) is 8.20. The minimum atomic E-state index is 0.155. The molecular formula is C23H38N4O2. The van der Waals surface area contributed by atoms with Crippen molar-refractivity contribution in [2.45, 2.75) is 102 Å². The minimum Gasteiger partial charge on any atom is -0.377 e. The molecule has 0 aromatic rings. The molecule has 0 aromatic heterocycles. The maximum atomic E-state index is 12.5. The fourth-order valence-corrected chi connectivity index (χ4v) is 6.64. The van der Waals surface area contributed by atoms with Crippen molar-refractivity contribution in [2.75, 3.05) is 13.2 Å². The van der Waals surface area contributed by atoms with E-state index in [0.29, 0.717) is 35.6 Å². The van der Waals surface area contributed by atoms with E-state index in [9.17, 15) is 4.79 Å². The SMILES string of the molecule is CCN=C(NC1CCCC(C(=O)NC2CC2)C1)NC1C2CCOC2C12CCCC2. The van der Waals surface area contributed by atoms with Crippen molar-refractivity contribution in [2.24, 2.45) is 22.2 Å². The number of hydrogen-bond donors (Lipinski definition) is 3. The highest BCUT2D eigenvalue weighted by molar-refractivity contribution is 5.82. The van der Waals surface area contributed by atoms with E-state index in [1.165, 1.54) is 32.1 Å². The third kappa shape index (κ3) is 3.77. The fraction of sp³-hybridized carbons (Fsp3) is 0.913. The Kier molecular flexibility index (Phi) is 5.48. The predicted octanol–water partition coefficient (Wildman–Crippen LogP) is 2.73. The number of hydrogen-bond acceptors (Lipinski definition) is 3. The van der Waals surface area contributed by atoms with E-state index in [-0.39, 0.29) is 11.8 Å². The van der Waals surface area contributed by atoms with Crippen molar-refractivity contribution in [1.82, 2.24) is 16.0 Å². The van der Waals surface area contributed by atoms with Crippen LogP contribution in [0.25, 0.3) is 0 Å². The zero-order valence-electron chi connectivity index (χ0n) is 17.9. The first-order chi connectivity index (χ1) is 14.2. The summed E-state index contributed by atoms with van der Waals surface area (Å²) in [5, 5.41) is 10.8. The Balaban J connectivity index is 1.21. The monoisotopic (exact) mass is 402 g/mol. The number of ether oxygens (including phenoxy) is 1. The molecule has 1 heterocycles. The summed E-state index contributed by atoms with van der Waals surface area (Å²) in [4.78, 5) is 17.3. The molecule has 5 aliphatic rings. The Morgan fingerprint density at radius 1 is 1.00 bits per heavy atom. The molecule has 5 unspecified atom stereocenters. The molecule has 1 amide bonds. The van der Waals surface area contributed by atoms with Gasteiger partial charge in [0.25, 0.3) is 0 Å². The zero-order valence-corrected chi connectivity index (χ0v) is 17.9. The van der Waals surface area contributed by atoms with Gasteiger partial charge in [-0.25, -0.2) is 0 Å². The van der Waals surface area contributed by atoms with E-state index in [4.69, 9.17) is 9.73 Å². The van der Waals surface area contributed by atoms with Gasteiger partial charge in [-0.05, 0) is 58.3 Å². The molecule has 6 heteroatoms. The van der Waals surface area contributed by atoms with E-state index >= 15 is 0 Å². The van der Waals surface area contributed by atoms with E-state index < -0.39 is 0 Å². The molecule has 5 rings (SSSR count). The molecule has 162 valence electrons. The van der Waals surface area contributed by atoms with Crippen LogP contribution in [0.2, 0.25) is 0 Å². The Hall–Kier alpha value is -1.30. The van der Waals surface area contributed by atoms with Gasteiger partial charge < -0.3 is 20.7 Å². The molecule has 4 saturated carbocycles. The van der Waals surface area contributed by atoms with Gasteiger partial charge in [0.05, 0.1) is 6.10 Å². The summed E-state index contributed by atoms with van der Waals surface area (Å²) in [6.07, 6.45) is 13.4. The molecule has 3 N–H and O–H groups in total. The molecular weight excluding hydrogens is 364 g/mol. The Labute approximate surface area is 175 Å². The van der Waals surface area contributed by atoms with Gasteiger partial charge in [0.15, 0.2) is 5.96 Å². The predicted molar refractivity (Wildman–Crippen MR) is 114 cm³/mol. The minimum absolute atomic E-state index is 0.155. The van der Waals surface area contributed by atoms with Crippen LogP contribution in [0.1, 0.15) is 77.6 Å². The normalized spacial score (nSPS) is 38.4. The molecule has 0 radical (unpaired) electrons. The average Bonchev–Trinajstić information content (AvgIpc) is 3.20. The highest BCUT2D eigenvalue weighted by Crippen LogP contribution is 2.60. The van der Waals surface area contributed by atoms with Crippen LogP contribution in [-0.2, 0) is 9.53 Å². The van der Waals surface area contributed by atoms with Crippen molar-refractivity contribution < 1.29 is 9.53 Å². The second-order valence-electron chi connectivity index (χ2n) is 10.1. The van der Waals surface area contributed by atoms with Gasteiger partial charge in [0.2, 0.25) is 5.91 Å². The number of amides is 1. The van der Waals surface area contributed by atoms with E-state index in [1.807, 2.05) is 0 Å². The van der Waals surface area contributed by atoms with Gasteiger partial charge in [-0.15, -0.1) is 0 Å². The van der Waals surface area contributed by atoms with Gasteiger partial charge in [0.1, 0.15) is 0 Å². The van der Waals surface area contributed by atoms with Crippen LogP contribution in [0, 0.1) is 17.3 Å². The van der Waals surface area contributed by atoms with Crippen molar-refractivity contribution in [1.29, 1.82) is 0 Å². The molecule has 0 aromatic carbocycles. The Bertz CT molecular complexity index is 641. The first kappa shape index (κ1) is 19.7. The standard InChI is InChI=1S/C23H38N4O2/c1-2-24-22(26-17-7-5-6-15(14-17)21(28)25-16-8-9-16)27-19-18-10-13-29-20(18)23(19)11-3-4-12-23/h15-20H,2-14H2,1H3,(H,25,28)(H2,24,26,27). The van der Waals surface area contributed by atoms with Crippen LogP contribution in [0.5, 0.6) is 0 Å². The van der Waals surface area contributed by atoms with Gasteiger partial charge in [-0.3, -0.25) is 9.79 Å². The van der Waals surface area contributed by atoms with Crippen molar-refractivity contribution in [3.05, 3.63) is 0 Å². The lowest BCUT2D eigenvalue weighted by Gasteiger charge is -2.57. The maximum absolute atomic E-state index is 12.5. The van der Waals surface area contributed by atoms with E-state index in [0.717, 1.165) is 57.6 Å². The Morgan fingerprint density at radius 3 is 2.59 bits per heavy atom. The zero-order chi connectivity index (χ0) is 19.8. The second-order valence-corrected chi connectivity index (χ2v) is 10.1. The van der Waals surface area contributed by atoms with Crippen molar-refractivity contribution in [3.8, 4) is 0 Å². The van der Waals surface area contributed by atoms with E-state index in [2.05, 4.69) is 22.9 Å². The van der Waals surface area contributed by atoms with Crippen molar-refractivity contribution in [3.63, 3.8) is 0 Å². The second kappa shape index (κ2) is 8.09. The highest BCUT2D eigenvalue weighted by atomic mass is 16.5. The van der Waals surface area contributed by atoms with Gasteiger partial charge in [-0.1, -0.05) is 19.3 Å². The molecule has 5 fully saturated rings. The van der Waals surface area contributed by atoms with Gasteiger partial charge in [-0.2, -0.15) is 0 Å². The summed E-state index contributed by atoms with van der Waals surface area (Å²) >= 11 is 0. The highest BCUT2D eigenvalue weighted by Gasteiger charge is 2.65. The fourth-order valence-electron chi connectivity index (χ4n) is 6.64. The summed E-state index contributed by atoms with van der Waals surface area (Å²) in [6.45, 7) is 3.80. The number of fused-ring (bicyclic) bond motifs is 2. The molecule has 1 spiro atoms. The molecule has 1 saturated heterocycles. The Morgan fingerprint density at radius 2 is 1.83 bits per heavy atom. The molecule has 29 heavy (non-hydrogen) atoms. The van der Waals surface area contributed by atoms with Crippen LogP contribution in [-0.4, -0.2) is 49.2 Å². The van der Waals surface area contributed by atoms with Crippen LogP contribution in [0.4, 0.5) is 0 Å². The van der Waals surface area contributed by atoms with Crippen LogP contribution >= 0.6 is 0 Å². The van der Waals surface area contributed by atoms with Gasteiger partial charge >= 0.3 is 0 Å². The summed E-state index contributed by atoms with van der Waals surface area (Å²) in [5.74, 6) is 2.03. The number of carbonyl (C=O) groups excluding carboxylic acids is 1. The molecule has 0 bridgehead atoms. The number of nitrogens with one attached hydrogen (secondary N) is 3. The molecule has 4 aliphatic carbocycles. The van der Waals surface area contributed by atoms with Crippen LogP contribution in [0.15, 0.2) is 4.99 Å². The first-order valence-corrected chi connectivity index (χ1v) is 12.2. The van der Waals surface area contributed by atoms with E-state index in [1.54, 1.807) is 0 Å². The summed E-state index contributed by atoms with van der Waals surface area (Å²) in [5.41, 5.74) is 0.330. The first-order valence-electron chi connectivity index (χ1n) is 12.2. The maximum Gasteiger partial charge on any atom is 0.223 e. The smallest absolute Gasteiger partial charge is 0.223 e. The number of nitrogens with zero attached hydrogens (tertiary/aromatic N) is 1. The summed E-state index contributed by atoms with van der Waals surface area (Å²) < 4.78 is 6.14. The summed E-state index contributed by atoms with van der Waals surface area (Å²) in [6, 6.07) is 1.29. The molecule has 6 nitrogen and oxygen atoms in total. The number of guanidine groups is 1. The number of rotatable bonds is 5. The van der Waals surface area contributed by atoms with Crippen molar-refractivity contribution >= 4 is 11.9 Å². The van der Waals surface area contributed by atoms with Gasteiger partial charge in [0, 0.05) is 48.5 Å². The molecule has 5 atom stereocenters. The van der Waals surface area contributed by atoms with Crippen LogP contribution in [0.3, 0.4) is 0 Å². The number of carbonyl (C=O) groups is 1.